The second kappa shape index (κ2) is 13.7. The Morgan fingerprint density at radius 3 is 0.891 bits per heavy atom. The fourth-order valence-corrected chi connectivity index (χ4v) is 6.97. The molecule has 0 N–H and O–H groups in total. The van der Waals surface area contributed by atoms with Crippen LogP contribution in [-0.4, -0.2) is 29.9 Å². The Hall–Kier alpha value is -7.64. The lowest BCUT2D eigenvalue weighted by Crippen LogP contribution is -2.10. The summed E-state index contributed by atoms with van der Waals surface area (Å²) < 4.78 is 0. The van der Waals surface area contributed by atoms with Gasteiger partial charge in [0.2, 0.25) is 0 Å². The molecule has 10 rings (SSSR count). The monoisotopic (exact) mass is 705 g/mol. The van der Waals surface area contributed by atoms with E-state index < -0.39 is 0 Å². The van der Waals surface area contributed by atoms with E-state index in [-0.39, 0.29) is 0 Å². The zero-order chi connectivity index (χ0) is 36.6. The van der Waals surface area contributed by atoms with E-state index in [1.54, 1.807) is 0 Å². The first-order chi connectivity index (χ1) is 27.2. The van der Waals surface area contributed by atoms with E-state index in [4.69, 9.17) is 29.9 Å². The number of para-hydroxylation sites is 1. The number of benzene rings is 7. The molecular weight excluding hydrogens is 675 g/mol. The Labute approximate surface area is 318 Å². The summed E-state index contributed by atoms with van der Waals surface area (Å²) in [6.07, 6.45) is 0. The largest absolute Gasteiger partial charge is 0.310 e. The maximum Gasteiger partial charge on any atom is 0.164 e. The van der Waals surface area contributed by atoms with Crippen molar-refractivity contribution in [3.8, 4) is 79.5 Å². The fourth-order valence-electron chi connectivity index (χ4n) is 6.97. The van der Waals surface area contributed by atoms with Gasteiger partial charge in [-0.15, -0.1) is 0 Å². The average Bonchev–Trinajstić information content (AvgIpc) is 3.27. The van der Waals surface area contributed by atoms with Crippen LogP contribution in [0.25, 0.3) is 79.5 Å². The molecule has 258 valence electrons. The molecule has 9 aromatic rings. The summed E-state index contributed by atoms with van der Waals surface area (Å²) in [6, 6.07) is 63.8. The Balaban J connectivity index is 1.26. The molecule has 0 amide bonds. The van der Waals surface area contributed by atoms with Crippen LogP contribution in [0, 0.1) is 0 Å². The van der Waals surface area contributed by atoms with Crippen molar-refractivity contribution in [2.24, 2.45) is 0 Å². The summed E-state index contributed by atoms with van der Waals surface area (Å²) in [7, 11) is 0. The molecule has 0 saturated heterocycles. The third-order valence-electron chi connectivity index (χ3n) is 9.65. The normalized spacial score (nSPS) is 11.6. The summed E-state index contributed by atoms with van der Waals surface area (Å²) in [5.41, 5.74) is 10.3. The molecule has 3 heterocycles. The number of hydrogen-bond acceptors (Lipinski definition) is 7. The van der Waals surface area contributed by atoms with Gasteiger partial charge in [0.15, 0.2) is 34.9 Å². The molecule has 0 atom stereocenters. The van der Waals surface area contributed by atoms with Gasteiger partial charge in [0.1, 0.15) is 0 Å². The fraction of sp³-hybridized carbons (Fsp3) is 0. The van der Waals surface area contributed by atoms with Gasteiger partial charge in [-0.05, 0) is 59.7 Å². The summed E-state index contributed by atoms with van der Waals surface area (Å²) in [5, 5.41) is 0. The van der Waals surface area contributed by atoms with Crippen molar-refractivity contribution in [3.05, 3.63) is 188 Å². The maximum absolute atomic E-state index is 5.13. The minimum absolute atomic E-state index is 0.585. The van der Waals surface area contributed by atoms with Gasteiger partial charge in [-0.2, -0.15) is 0 Å². The van der Waals surface area contributed by atoms with Crippen molar-refractivity contribution in [1.82, 2.24) is 29.9 Å². The summed E-state index contributed by atoms with van der Waals surface area (Å²) in [4.78, 5) is 32.7. The van der Waals surface area contributed by atoms with Gasteiger partial charge >= 0.3 is 0 Å². The molecule has 0 unspecified atom stereocenters. The molecule has 7 nitrogen and oxygen atoms in total. The number of rotatable bonds is 3. The first-order valence-electron chi connectivity index (χ1n) is 18.1. The van der Waals surface area contributed by atoms with Crippen molar-refractivity contribution in [1.29, 1.82) is 0 Å². The van der Waals surface area contributed by atoms with Gasteiger partial charge in [0.05, 0.1) is 0 Å². The zero-order valence-electron chi connectivity index (χ0n) is 29.5. The molecule has 0 radical (unpaired) electrons. The van der Waals surface area contributed by atoms with E-state index in [2.05, 4.69) is 114 Å². The lowest BCUT2D eigenvalue weighted by atomic mass is 10.0. The Morgan fingerprint density at radius 1 is 0.218 bits per heavy atom. The summed E-state index contributed by atoms with van der Waals surface area (Å²) in [5.74, 6) is 3.56. The Kier molecular flexibility index (Phi) is 8.00. The van der Waals surface area contributed by atoms with Gasteiger partial charge in [0.25, 0.3) is 0 Å². The summed E-state index contributed by atoms with van der Waals surface area (Å²) in [6.45, 7) is 0. The first kappa shape index (κ1) is 32.0. The minimum Gasteiger partial charge on any atom is -0.310 e. The lowest BCUT2D eigenvalue weighted by Gasteiger charge is -2.26. The number of anilines is 3. The quantitative estimate of drug-likeness (QED) is 0.181. The van der Waals surface area contributed by atoms with Crippen LogP contribution in [0.1, 0.15) is 0 Å². The van der Waals surface area contributed by atoms with Crippen LogP contribution in [0.5, 0.6) is 0 Å². The summed E-state index contributed by atoms with van der Waals surface area (Å²) >= 11 is 0. The average molecular weight is 706 g/mol. The van der Waals surface area contributed by atoms with Crippen LogP contribution in [0.2, 0.25) is 0 Å². The molecule has 0 spiro atoms. The van der Waals surface area contributed by atoms with Crippen LogP contribution >= 0.6 is 0 Å². The van der Waals surface area contributed by atoms with E-state index in [1.807, 2.05) is 78.9 Å². The van der Waals surface area contributed by atoms with Crippen molar-refractivity contribution >= 4 is 17.1 Å². The van der Waals surface area contributed by atoms with Gasteiger partial charge in [0, 0.05) is 50.4 Å². The van der Waals surface area contributed by atoms with Crippen LogP contribution in [0.4, 0.5) is 17.1 Å². The molecule has 2 aromatic heterocycles. The molecule has 1 aliphatic heterocycles. The Morgan fingerprint density at radius 2 is 0.491 bits per heavy atom. The lowest BCUT2D eigenvalue weighted by molar-refractivity contribution is 1.07. The van der Waals surface area contributed by atoms with E-state index >= 15 is 0 Å². The highest BCUT2D eigenvalue weighted by Gasteiger charge is 2.19. The van der Waals surface area contributed by atoms with Gasteiger partial charge in [-0.25, -0.2) is 29.9 Å². The number of aromatic nitrogens is 6. The zero-order valence-corrected chi connectivity index (χ0v) is 29.5. The van der Waals surface area contributed by atoms with Gasteiger partial charge < -0.3 is 4.90 Å². The third kappa shape index (κ3) is 6.30. The van der Waals surface area contributed by atoms with Gasteiger partial charge in [-0.1, -0.05) is 140 Å². The topological polar surface area (TPSA) is 80.6 Å². The second-order valence-electron chi connectivity index (χ2n) is 13.3. The molecule has 1 aliphatic rings. The molecule has 0 saturated carbocycles. The van der Waals surface area contributed by atoms with Crippen LogP contribution in [0.3, 0.4) is 0 Å². The SMILES string of the molecule is c1ccc(-c2nc3nc(n2)-c2cccc(c2)N(c2ccccc2)c2cccc(c2)-c2nc(-c4ccccc4)nc(n2)-c2cccc(c2)-c2cccc-3c2)cc1. The van der Waals surface area contributed by atoms with Crippen LogP contribution < -0.4 is 4.90 Å². The van der Waals surface area contributed by atoms with Crippen molar-refractivity contribution < 1.29 is 0 Å². The molecule has 0 aliphatic carbocycles. The second-order valence-corrected chi connectivity index (χ2v) is 13.3. The molecule has 7 heteroatoms. The molecule has 7 aromatic carbocycles. The molecule has 55 heavy (non-hydrogen) atoms. The highest BCUT2D eigenvalue weighted by Crippen LogP contribution is 2.39. The number of fused-ring (bicyclic) bond motifs is 17. The molecule has 0 fully saturated rings. The van der Waals surface area contributed by atoms with Crippen LogP contribution in [-0.2, 0) is 0 Å². The van der Waals surface area contributed by atoms with Gasteiger partial charge in [-0.3, -0.25) is 0 Å². The van der Waals surface area contributed by atoms with E-state index in [0.29, 0.717) is 34.9 Å². The highest BCUT2D eigenvalue weighted by atomic mass is 15.1. The van der Waals surface area contributed by atoms with E-state index in [1.165, 1.54) is 0 Å². The number of hydrogen-bond donors (Lipinski definition) is 0. The van der Waals surface area contributed by atoms with E-state index in [0.717, 1.165) is 61.6 Å². The standard InChI is InChI=1S/C48H31N7/c1-4-14-32(15-5-1)43-49-45-36-20-10-18-34(28-36)35-19-11-21-37(29-35)46-50-44(33-16-6-2-7-17-33)52-48(54-46)39-23-13-27-42(31-39)55(40-24-8-3-9-25-40)41-26-12-22-38(30-41)47(51-43)53-45/h1-31H. The van der Waals surface area contributed by atoms with Crippen molar-refractivity contribution in [2.45, 2.75) is 0 Å². The molecular formula is C48H31N7. The predicted octanol–water partition coefficient (Wildman–Crippen LogP) is 11.5. The minimum atomic E-state index is 0.585. The Bertz CT molecular complexity index is 2650. The number of nitrogens with zero attached hydrogens (tertiary/aromatic N) is 7. The van der Waals surface area contributed by atoms with Crippen LogP contribution in [0.15, 0.2) is 188 Å². The third-order valence-corrected chi connectivity index (χ3v) is 9.65. The predicted molar refractivity (Wildman–Crippen MR) is 220 cm³/mol. The maximum atomic E-state index is 5.13. The van der Waals surface area contributed by atoms with Crippen molar-refractivity contribution in [2.75, 3.05) is 4.90 Å². The van der Waals surface area contributed by atoms with E-state index in [9.17, 15) is 0 Å². The smallest absolute Gasteiger partial charge is 0.164 e. The van der Waals surface area contributed by atoms with Crippen molar-refractivity contribution in [3.63, 3.8) is 0 Å². The molecule has 12 bridgehead atoms. The highest BCUT2D eigenvalue weighted by molar-refractivity contribution is 5.82. The first-order valence-corrected chi connectivity index (χ1v) is 18.1.